The smallest absolute Gasteiger partial charge is 0.119 e. The summed E-state index contributed by atoms with van der Waals surface area (Å²) < 4.78 is 5.66. The Balaban J connectivity index is 2.01. The van der Waals surface area contributed by atoms with E-state index in [9.17, 15) is 0 Å². The highest BCUT2D eigenvalue weighted by Crippen LogP contribution is 2.41. The Morgan fingerprint density at radius 3 is 2.24 bits per heavy atom. The minimum atomic E-state index is 0.246. The van der Waals surface area contributed by atoms with Gasteiger partial charge in [-0.05, 0) is 50.3 Å². The largest absolute Gasteiger partial charge is 0.491 e. The van der Waals surface area contributed by atoms with Crippen LogP contribution in [-0.2, 0) is 0 Å². The molecular weight excluding hydrogens is 276 g/mol. The molecule has 1 atom stereocenters. The van der Waals surface area contributed by atoms with Crippen LogP contribution in [0.5, 0.6) is 5.75 Å². The zero-order chi connectivity index (χ0) is 12.3. The Labute approximate surface area is 113 Å². The third kappa shape index (κ3) is 3.48. The van der Waals surface area contributed by atoms with Gasteiger partial charge in [0.2, 0.25) is 0 Å². The maximum absolute atomic E-state index is 5.66. The van der Waals surface area contributed by atoms with Gasteiger partial charge in [0.25, 0.3) is 0 Å². The first-order valence-electron chi connectivity index (χ1n) is 6.57. The summed E-state index contributed by atoms with van der Waals surface area (Å²) in [5, 5.41) is 0. The van der Waals surface area contributed by atoms with E-state index in [1.807, 2.05) is 0 Å². The highest BCUT2D eigenvalue weighted by atomic mass is 79.9. The molecule has 1 nitrogen and oxygen atoms in total. The second-order valence-electron chi connectivity index (χ2n) is 5.18. The van der Waals surface area contributed by atoms with Crippen LogP contribution in [0.4, 0.5) is 0 Å². The summed E-state index contributed by atoms with van der Waals surface area (Å²) in [7, 11) is 0. The minimum Gasteiger partial charge on any atom is -0.491 e. The maximum atomic E-state index is 5.66. The van der Waals surface area contributed by atoms with Gasteiger partial charge in [-0.25, -0.2) is 0 Å². The van der Waals surface area contributed by atoms with Gasteiger partial charge in [0, 0.05) is 4.83 Å². The van der Waals surface area contributed by atoms with Crippen LogP contribution in [0, 0.1) is 5.92 Å². The molecule has 0 spiro atoms. The summed E-state index contributed by atoms with van der Waals surface area (Å²) in [4.78, 5) is 0.512. The van der Waals surface area contributed by atoms with Gasteiger partial charge in [0.1, 0.15) is 5.75 Å². The summed E-state index contributed by atoms with van der Waals surface area (Å²) in [5.41, 5.74) is 1.38. The van der Waals surface area contributed by atoms with Gasteiger partial charge < -0.3 is 4.74 Å². The van der Waals surface area contributed by atoms with Gasteiger partial charge in [-0.15, -0.1) is 0 Å². The lowest BCUT2D eigenvalue weighted by Gasteiger charge is -2.18. The van der Waals surface area contributed by atoms with Crippen molar-refractivity contribution in [2.75, 3.05) is 0 Å². The summed E-state index contributed by atoms with van der Waals surface area (Å²) in [5.74, 6) is 1.78. The first-order valence-corrected chi connectivity index (χ1v) is 7.49. The number of alkyl halides is 1. The monoisotopic (exact) mass is 296 g/mol. The number of ether oxygens (including phenoxy) is 1. The first-order chi connectivity index (χ1) is 8.16. The molecule has 0 bridgehead atoms. The van der Waals surface area contributed by atoms with Crippen LogP contribution in [-0.4, -0.2) is 6.10 Å². The molecule has 0 heterocycles. The summed E-state index contributed by atoms with van der Waals surface area (Å²) in [6.07, 6.45) is 5.75. The lowest BCUT2D eigenvalue weighted by atomic mass is 9.98. The Morgan fingerprint density at radius 2 is 1.71 bits per heavy atom. The van der Waals surface area contributed by atoms with Crippen LogP contribution in [0.15, 0.2) is 24.3 Å². The lowest BCUT2D eigenvalue weighted by Crippen LogP contribution is -2.06. The van der Waals surface area contributed by atoms with Gasteiger partial charge in [-0.1, -0.05) is 40.9 Å². The Bertz CT molecular complexity index is 338. The molecule has 0 aliphatic heterocycles. The van der Waals surface area contributed by atoms with Crippen molar-refractivity contribution in [2.24, 2.45) is 5.92 Å². The van der Waals surface area contributed by atoms with Crippen LogP contribution >= 0.6 is 15.9 Å². The zero-order valence-electron chi connectivity index (χ0n) is 10.7. The molecular formula is C15H21BrO. The third-order valence-electron chi connectivity index (χ3n) is 3.38. The molecule has 0 aromatic heterocycles. The lowest BCUT2D eigenvalue weighted by molar-refractivity contribution is 0.242. The van der Waals surface area contributed by atoms with Gasteiger partial charge in [-0.2, -0.15) is 0 Å². The molecule has 17 heavy (non-hydrogen) atoms. The Kier molecular flexibility index (Phi) is 4.49. The fourth-order valence-corrected chi connectivity index (χ4v) is 3.36. The standard InChI is InChI=1S/C15H21BrO/c1-11(2)17-14-9-7-13(8-10-14)15(16)12-5-3-4-6-12/h7-12,15H,3-6H2,1-2H3. The normalized spacial score (nSPS) is 18.6. The second-order valence-corrected chi connectivity index (χ2v) is 6.17. The average Bonchev–Trinajstić information content (AvgIpc) is 2.82. The molecule has 1 aromatic carbocycles. The predicted molar refractivity (Wildman–Crippen MR) is 75.8 cm³/mol. The van der Waals surface area contributed by atoms with Crippen molar-refractivity contribution in [3.8, 4) is 5.75 Å². The van der Waals surface area contributed by atoms with Crippen LogP contribution in [0.3, 0.4) is 0 Å². The maximum Gasteiger partial charge on any atom is 0.119 e. The fourth-order valence-electron chi connectivity index (χ4n) is 2.52. The second kappa shape index (κ2) is 5.90. The van der Waals surface area contributed by atoms with E-state index in [4.69, 9.17) is 4.74 Å². The number of hydrogen-bond acceptors (Lipinski definition) is 1. The number of hydrogen-bond donors (Lipinski definition) is 0. The van der Waals surface area contributed by atoms with E-state index in [0.717, 1.165) is 11.7 Å². The van der Waals surface area contributed by atoms with Crippen molar-refractivity contribution in [3.05, 3.63) is 29.8 Å². The fraction of sp³-hybridized carbons (Fsp3) is 0.600. The molecule has 0 N–H and O–H groups in total. The van der Waals surface area contributed by atoms with Gasteiger partial charge in [0.15, 0.2) is 0 Å². The molecule has 2 rings (SSSR count). The van der Waals surface area contributed by atoms with E-state index in [-0.39, 0.29) is 6.10 Å². The van der Waals surface area contributed by atoms with E-state index >= 15 is 0 Å². The molecule has 94 valence electrons. The number of halogens is 1. The average molecular weight is 297 g/mol. The van der Waals surface area contributed by atoms with Crippen molar-refractivity contribution in [2.45, 2.75) is 50.5 Å². The Morgan fingerprint density at radius 1 is 1.12 bits per heavy atom. The van der Waals surface area contributed by atoms with Crippen molar-refractivity contribution >= 4 is 15.9 Å². The SMILES string of the molecule is CC(C)Oc1ccc(C(Br)C2CCCC2)cc1. The van der Waals surface area contributed by atoms with Crippen LogP contribution in [0.2, 0.25) is 0 Å². The molecule has 0 radical (unpaired) electrons. The van der Waals surface area contributed by atoms with Crippen molar-refractivity contribution in [1.82, 2.24) is 0 Å². The molecule has 1 saturated carbocycles. The van der Waals surface area contributed by atoms with Gasteiger partial charge in [0.05, 0.1) is 6.10 Å². The van der Waals surface area contributed by atoms with E-state index in [0.29, 0.717) is 4.83 Å². The number of rotatable bonds is 4. The van der Waals surface area contributed by atoms with Crippen LogP contribution < -0.4 is 4.74 Å². The molecule has 1 aliphatic carbocycles. The number of benzene rings is 1. The third-order valence-corrected chi connectivity index (χ3v) is 4.66. The first kappa shape index (κ1) is 12.9. The van der Waals surface area contributed by atoms with Crippen molar-refractivity contribution in [1.29, 1.82) is 0 Å². The van der Waals surface area contributed by atoms with E-state index in [1.54, 1.807) is 0 Å². The molecule has 0 amide bonds. The van der Waals surface area contributed by atoms with Crippen LogP contribution in [0.1, 0.15) is 49.9 Å². The predicted octanol–water partition coefficient (Wildman–Crippen LogP) is 5.10. The topological polar surface area (TPSA) is 9.23 Å². The van der Waals surface area contributed by atoms with E-state index < -0.39 is 0 Å². The van der Waals surface area contributed by atoms with E-state index in [1.165, 1.54) is 31.2 Å². The summed E-state index contributed by atoms with van der Waals surface area (Å²) in [6, 6.07) is 8.54. The van der Waals surface area contributed by atoms with Gasteiger partial charge in [-0.3, -0.25) is 0 Å². The quantitative estimate of drug-likeness (QED) is 0.702. The van der Waals surface area contributed by atoms with Crippen LogP contribution in [0.25, 0.3) is 0 Å². The summed E-state index contributed by atoms with van der Waals surface area (Å²) >= 11 is 3.85. The van der Waals surface area contributed by atoms with Gasteiger partial charge >= 0.3 is 0 Å². The summed E-state index contributed by atoms with van der Waals surface area (Å²) in [6.45, 7) is 4.11. The zero-order valence-corrected chi connectivity index (χ0v) is 12.2. The van der Waals surface area contributed by atoms with Crippen molar-refractivity contribution in [3.63, 3.8) is 0 Å². The molecule has 1 aliphatic rings. The Hall–Kier alpha value is -0.500. The molecule has 2 heteroatoms. The minimum absolute atomic E-state index is 0.246. The van der Waals surface area contributed by atoms with Crippen molar-refractivity contribution < 1.29 is 4.74 Å². The molecule has 1 fully saturated rings. The molecule has 0 saturated heterocycles. The highest BCUT2D eigenvalue weighted by Gasteiger charge is 2.23. The molecule has 1 aromatic rings. The molecule has 1 unspecified atom stereocenters. The van der Waals surface area contributed by atoms with E-state index in [2.05, 4.69) is 54.0 Å². The highest BCUT2D eigenvalue weighted by molar-refractivity contribution is 9.09.